The van der Waals surface area contributed by atoms with Crippen molar-refractivity contribution in [1.82, 2.24) is 19.8 Å². The van der Waals surface area contributed by atoms with Gasteiger partial charge in [0.05, 0.1) is 6.33 Å². The van der Waals surface area contributed by atoms with Gasteiger partial charge >= 0.3 is 0 Å². The summed E-state index contributed by atoms with van der Waals surface area (Å²) in [5, 5.41) is 3.73. The quantitative estimate of drug-likeness (QED) is 0.831. The van der Waals surface area contributed by atoms with Gasteiger partial charge in [-0.2, -0.15) is 0 Å². The van der Waals surface area contributed by atoms with Crippen molar-refractivity contribution in [2.75, 3.05) is 19.6 Å². The van der Waals surface area contributed by atoms with Crippen molar-refractivity contribution in [3.63, 3.8) is 0 Å². The van der Waals surface area contributed by atoms with Crippen LogP contribution in [0.2, 0.25) is 0 Å². The summed E-state index contributed by atoms with van der Waals surface area (Å²) in [4.78, 5) is 6.82. The highest BCUT2D eigenvalue weighted by atomic mass is 15.2. The van der Waals surface area contributed by atoms with E-state index < -0.39 is 0 Å². The number of imidazole rings is 1. The van der Waals surface area contributed by atoms with Crippen LogP contribution in [0.25, 0.3) is 0 Å². The van der Waals surface area contributed by atoms with Gasteiger partial charge in [-0.15, -0.1) is 0 Å². The van der Waals surface area contributed by atoms with Crippen LogP contribution in [0.15, 0.2) is 18.7 Å². The van der Waals surface area contributed by atoms with Crippen molar-refractivity contribution in [2.24, 2.45) is 5.92 Å². The smallest absolute Gasteiger partial charge is 0.0945 e. The molecule has 1 aromatic heterocycles. The summed E-state index contributed by atoms with van der Waals surface area (Å²) in [7, 11) is 0. The third kappa shape index (κ3) is 4.32. The van der Waals surface area contributed by atoms with Gasteiger partial charge in [-0.25, -0.2) is 4.98 Å². The standard InChI is InChI=1S/C16H30N4/c1-4-6-15-11-18-16(14(2)3)12-20(15)9-5-8-19-10-7-17-13-19/h7,10,13-16,18H,4-6,8-9,11-12H2,1-3H3. The molecule has 1 aliphatic heterocycles. The molecular formula is C16H30N4. The van der Waals surface area contributed by atoms with Crippen molar-refractivity contribution in [1.29, 1.82) is 0 Å². The Morgan fingerprint density at radius 1 is 1.35 bits per heavy atom. The third-order valence-corrected chi connectivity index (χ3v) is 4.41. The fourth-order valence-electron chi connectivity index (χ4n) is 3.10. The Morgan fingerprint density at radius 2 is 2.20 bits per heavy atom. The Labute approximate surface area is 123 Å². The minimum Gasteiger partial charge on any atom is -0.337 e. The number of aryl methyl sites for hydroxylation is 1. The SMILES string of the molecule is CCCC1CNC(C(C)C)CN1CCCn1ccnc1. The highest BCUT2D eigenvalue weighted by molar-refractivity contribution is 4.87. The van der Waals surface area contributed by atoms with Crippen LogP contribution in [0.4, 0.5) is 0 Å². The van der Waals surface area contributed by atoms with Crippen molar-refractivity contribution < 1.29 is 0 Å². The first-order valence-corrected chi connectivity index (χ1v) is 8.14. The zero-order valence-electron chi connectivity index (χ0n) is 13.3. The van der Waals surface area contributed by atoms with E-state index in [1.54, 1.807) is 0 Å². The summed E-state index contributed by atoms with van der Waals surface area (Å²) in [6.07, 6.45) is 9.62. The number of aromatic nitrogens is 2. The summed E-state index contributed by atoms with van der Waals surface area (Å²) in [5.74, 6) is 0.716. The summed E-state index contributed by atoms with van der Waals surface area (Å²) in [6.45, 7) is 11.6. The number of nitrogens with one attached hydrogen (secondary N) is 1. The van der Waals surface area contributed by atoms with E-state index in [9.17, 15) is 0 Å². The zero-order valence-corrected chi connectivity index (χ0v) is 13.3. The Hall–Kier alpha value is -0.870. The van der Waals surface area contributed by atoms with Crippen LogP contribution in [0, 0.1) is 5.92 Å². The van der Waals surface area contributed by atoms with Gasteiger partial charge in [0.15, 0.2) is 0 Å². The van der Waals surface area contributed by atoms with Gasteiger partial charge < -0.3 is 9.88 Å². The normalized spacial score (nSPS) is 24.4. The number of hydrogen-bond donors (Lipinski definition) is 1. The van der Waals surface area contributed by atoms with E-state index >= 15 is 0 Å². The molecule has 0 bridgehead atoms. The van der Waals surface area contributed by atoms with E-state index in [2.05, 4.69) is 46.7 Å². The maximum absolute atomic E-state index is 4.11. The monoisotopic (exact) mass is 278 g/mol. The molecule has 2 rings (SSSR count). The predicted molar refractivity (Wildman–Crippen MR) is 83.7 cm³/mol. The molecule has 1 aromatic rings. The largest absolute Gasteiger partial charge is 0.337 e. The van der Waals surface area contributed by atoms with Gasteiger partial charge in [0, 0.05) is 50.7 Å². The van der Waals surface area contributed by atoms with Gasteiger partial charge in [-0.3, -0.25) is 4.90 Å². The lowest BCUT2D eigenvalue weighted by molar-refractivity contribution is 0.104. The molecule has 0 spiro atoms. The fraction of sp³-hybridized carbons (Fsp3) is 0.812. The van der Waals surface area contributed by atoms with Crippen molar-refractivity contribution in [2.45, 2.75) is 58.7 Å². The Bertz CT molecular complexity index is 361. The average molecular weight is 278 g/mol. The highest BCUT2D eigenvalue weighted by Crippen LogP contribution is 2.16. The summed E-state index contributed by atoms with van der Waals surface area (Å²) in [6, 6.07) is 1.37. The maximum Gasteiger partial charge on any atom is 0.0945 e. The van der Waals surface area contributed by atoms with Gasteiger partial charge in [0.2, 0.25) is 0 Å². The first-order chi connectivity index (χ1) is 9.70. The van der Waals surface area contributed by atoms with E-state index in [0.717, 1.165) is 19.1 Å². The molecule has 114 valence electrons. The molecule has 2 heterocycles. The van der Waals surface area contributed by atoms with Crippen molar-refractivity contribution >= 4 is 0 Å². The molecule has 1 aliphatic rings. The van der Waals surface area contributed by atoms with Gasteiger partial charge in [0.1, 0.15) is 0 Å². The van der Waals surface area contributed by atoms with Crippen LogP contribution >= 0.6 is 0 Å². The third-order valence-electron chi connectivity index (χ3n) is 4.41. The fourth-order valence-corrected chi connectivity index (χ4v) is 3.10. The Balaban J connectivity index is 1.82. The lowest BCUT2D eigenvalue weighted by atomic mass is 9.97. The van der Waals surface area contributed by atoms with E-state index in [4.69, 9.17) is 0 Å². The van der Waals surface area contributed by atoms with E-state index in [-0.39, 0.29) is 0 Å². The zero-order chi connectivity index (χ0) is 14.4. The second-order valence-corrected chi connectivity index (χ2v) is 6.35. The van der Waals surface area contributed by atoms with E-state index in [1.807, 2.05) is 12.5 Å². The van der Waals surface area contributed by atoms with Gasteiger partial charge in [-0.05, 0) is 18.8 Å². The van der Waals surface area contributed by atoms with E-state index in [1.165, 1.54) is 32.4 Å². The molecule has 1 fully saturated rings. The molecule has 0 saturated carbocycles. The average Bonchev–Trinajstić information content (AvgIpc) is 2.93. The topological polar surface area (TPSA) is 33.1 Å². The first kappa shape index (κ1) is 15.5. The first-order valence-electron chi connectivity index (χ1n) is 8.14. The molecule has 0 aliphatic carbocycles. The molecular weight excluding hydrogens is 248 g/mol. The molecule has 0 amide bonds. The van der Waals surface area contributed by atoms with Crippen LogP contribution in [0.1, 0.15) is 40.0 Å². The van der Waals surface area contributed by atoms with Gasteiger partial charge in [-0.1, -0.05) is 27.2 Å². The van der Waals surface area contributed by atoms with Crippen molar-refractivity contribution in [3.8, 4) is 0 Å². The van der Waals surface area contributed by atoms with Crippen molar-refractivity contribution in [3.05, 3.63) is 18.7 Å². The second-order valence-electron chi connectivity index (χ2n) is 6.35. The van der Waals surface area contributed by atoms with E-state index in [0.29, 0.717) is 12.0 Å². The van der Waals surface area contributed by atoms with Crippen LogP contribution < -0.4 is 5.32 Å². The molecule has 4 nitrogen and oxygen atoms in total. The molecule has 1 saturated heterocycles. The number of hydrogen-bond acceptors (Lipinski definition) is 3. The maximum atomic E-state index is 4.11. The summed E-state index contributed by atoms with van der Waals surface area (Å²) in [5.41, 5.74) is 0. The second kappa shape index (κ2) is 7.79. The van der Waals surface area contributed by atoms with Crippen LogP contribution in [-0.2, 0) is 6.54 Å². The molecule has 2 unspecified atom stereocenters. The molecule has 20 heavy (non-hydrogen) atoms. The number of piperazine rings is 1. The highest BCUT2D eigenvalue weighted by Gasteiger charge is 2.28. The molecule has 0 radical (unpaired) electrons. The Kier molecular flexibility index (Phi) is 6.05. The molecule has 2 atom stereocenters. The lowest BCUT2D eigenvalue weighted by Crippen LogP contribution is -2.58. The minimum absolute atomic E-state index is 0.649. The molecule has 0 aromatic carbocycles. The van der Waals surface area contributed by atoms with Crippen LogP contribution in [0.3, 0.4) is 0 Å². The number of nitrogens with zero attached hydrogens (tertiary/aromatic N) is 3. The summed E-state index contributed by atoms with van der Waals surface area (Å²) < 4.78 is 2.18. The van der Waals surface area contributed by atoms with Crippen LogP contribution in [-0.4, -0.2) is 46.2 Å². The van der Waals surface area contributed by atoms with Crippen LogP contribution in [0.5, 0.6) is 0 Å². The Morgan fingerprint density at radius 3 is 2.85 bits per heavy atom. The number of rotatable bonds is 7. The lowest BCUT2D eigenvalue weighted by Gasteiger charge is -2.42. The molecule has 4 heteroatoms. The predicted octanol–water partition coefficient (Wildman–Crippen LogP) is 2.37. The molecule has 1 N–H and O–H groups in total. The minimum atomic E-state index is 0.649. The summed E-state index contributed by atoms with van der Waals surface area (Å²) >= 11 is 0. The van der Waals surface area contributed by atoms with Gasteiger partial charge in [0.25, 0.3) is 0 Å².